The van der Waals surface area contributed by atoms with Gasteiger partial charge in [0.1, 0.15) is 0 Å². The smallest absolute Gasteiger partial charge is 0.170 e. The van der Waals surface area contributed by atoms with Gasteiger partial charge in [-0.25, -0.2) is 0 Å². The van der Waals surface area contributed by atoms with Crippen LogP contribution >= 0.6 is 23.8 Å². The molecule has 3 nitrogen and oxygen atoms in total. The molecule has 0 saturated heterocycles. The molecule has 0 saturated carbocycles. The first-order chi connectivity index (χ1) is 7.72. The van der Waals surface area contributed by atoms with E-state index in [1.165, 1.54) is 0 Å². The summed E-state index contributed by atoms with van der Waals surface area (Å²) in [6.45, 7) is 0.975. The summed E-state index contributed by atoms with van der Waals surface area (Å²) in [5.74, 6) is 0. The molecule has 0 bridgehead atoms. The third-order valence-electron chi connectivity index (χ3n) is 1.95. The van der Waals surface area contributed by atoms with Crippen molar-refractivity contribution in [2.75, 3.05) is 18.5 Å². The highest BCUT2D eigenvalue weighted by Gasteiger charge is 1.97. The van der Waals surface area contributed by atoms with Crippen LogP contribution in [0.15, 0.2) is 24.3 Å². The number of unbranched alkanes of at least 4 members (excludes halogenated alkanes) is 1. The van der Waals surface area contributed by atoms with Gasteiger partial charge in [-0.05, 0) is 43.3 Å². The zero-order valence-corrected chi connectivity index (χ0v) is 10.4. The standard InChI is InChI=1S/C11H15ClN2OS/c12-9-4-3-5-10(8-9)14-11(16)13-6-1-2-7-15/h3-5,8,15H,1-2,6-7H2,(H2,13,14,16). The number of thiocarbonyl (C=S) groups is 1. The minimum absolute atomic E-state index is 0.218. The first-order valence-electron chi connectivity index (χ1n) is 5.13. The number of nitrogens with one attached hydrogen (secondary N) is 2. The van der Waals surface area contributed by atoms with E-state index in [9.17, 15) is 0 Å². The van der Waals surface area contributed by atoms with E-state index in [1.54, 1.807) is 0 Å². The van der Waals surface area contributed by atoms with Crippen LogP contribution in [0.25, 0.3) is 0 Å². The third-order valence-corrected chi connectivity index (χ3v) is 2.43. The predicted octanol–water partition coefficient (Wildman–Crippen LogP) is 2.40. The van der Waals surface area contributed by atoms with Crippen molar-refractivity contribution in [1.29, 1.82) is 0 Å². The third kappa shape index (κ3) is 5.30. The number of rotatable bonds is 5. The molecular weight excluding hydrogens is 244 g/mol. The zero-order valence-electron chi connectivity index (χ0n) is 8.87. The molecule has 0 unspecified atom stereocenters. The van der Waals surface area contributed by atoms with Crippen molar-refractivity contribution in [3.05, 3.63) is 29.3 Å². The van der Waals surface area contributed by atoms with Crippen molar-refractivity contribution < 1.29 is 5.11 Å². The van der Waals surface area contributed by atoms with Crippen LogP contribution in [-0.4, -0.2) is 23.4 Å². The van der Waals surface area contributed by atoms with Crippen molar-refractivity contribution in [3.63, 3.8) is 0 Å². The van der Waals surface area contributed by atoms with E-state index in [0.29, 0.717) is 10.1 Å². The van der Waals surface area contributed by atoms with Gasteiger partial charge < -0.3 is 15.7 Å². The van der Waals surface area contributed by atoms with Crippen LogP contribution in [0.4, 0.5) is 5.69 Å². The molecule has 0 spiro atoms. The molecule has 88 valence electrons. The molecule has 0 radical (unpaired) electrons. The molecule has 1 rings (SSSR count). The van der Waals surface area contributed by atoms with E-state index in [0.717, 1.165) is 25.1 Å². The lowest BCUT2D eigenvalue weighted by Crippen LogP contribution is -2.29. The number of aliphatic hydroxyl groups is 1. The average molecular weight is 259 g/mol. The van der Waals surface area contributed by atoms with Crippen LogP contribution < -0.4 is 10.6 Å². The highest BCUT2D eigenvalue weighted by Crippen LogP contribution is 2.14. The summed E-state index contributed by atoms with van der Waals surface area (Å²) >= 11 is 10.9. The molecule has 16 heavy (non-hydrogen) atoms. The second-order valence-electron chi connectivity index (χ2n) is 3.32. The number of anilines is 1. The van der Waals surface area contributed by atoms with E-state index in [1.807, 2.05) is 24.3 Å². The fraction of sp³-hybridized carbons (Fsp3) is 0.364. The topological polar surface area (TPSA) is 44.3 Å². The molecule has 3 N–H and O–H groups in total. The number of benzene rings is 1. The van der Waals surface area contributed by atoms with Crippen LogP contribution in [0.3, 0.4) is 0 Å². The predicted molar refractivity (Wildman–Crippen MR) is 72.0 cm³/mol. The molecule has 1 aromatic carbocycles. The molecule has 0 heterocycles. The Bertz CT molecular complexity index is 347. The SMILES string of the molecule is OCCCCNC(=S)Nc1cccc(Cl)c1. The first-order valence-corrected chi connectivity index (χ1v) is 5.92. The van der Waals surface area contributed by atoms with E-state index in [-0.39, 0.29) is 6.61 Å². The lowest BCUT2D eigenvalue weighted by atomic mass is 10.3. The molecule has 0 amide bonds. The maximum atomic E-state index is 8.61. The molecule has 5 heteroatoms. The molecule has 0 atom stereocenters. The minimum atomic E-state index is 0.218. The van der Waals surface area contributed by atoms with Crippen molar-refractivity contribution >= 4 is 34.6 Å². The van der Waals surface area contributed by atoms with E-state index in [4.69, 9.17) is 28.9 Å². The molecular formula is C11H15ClN2OS. The van der Waals surface area contributed by atoms with Crippen molar-refractivity contribution in [2.24, 2.45) is 0 Å². The van der Waals surface area contributed by atoms with Gasteiger partial charge in [-0.1, -0.05) is 17.7 Å². The molecule has 0 fully saturated rings. The van der Waals surface area contributed by atoms with Gasteiger partial charge in [0.2, 0.25) is 0 Å². The fourth-order valence-electron chi connectivity index (χ4n) is 1.18. The molecule has 0 aliphatic heterocycles. The maximum Gasteiger partial charge on any atom is 0.170 e. The molecule has 0 aliphatic rings. The summed E-state index contributed by atoms with van der Waals surface area (Å²) in [6.07, 6.45) is 1.68. The van der Waals surface area contributed by atoms with Crippen molar-refractivity contribution in [2.45, 2.75) is 12.8 Å². The fourth-order valence-corrected chi connectivity index (χ4v) is 1.59. The van der Waals surface area contributed by atoms with Crippen LogP contribution in [0.2, 0.25) is 5.02 Å². The molecule has 0 aromatic heterocycles. The molecule has 0 aliphatic carbocycles. The summed E-state index contributed by atoms with van der Waals surface area (Å²) in [4.78, 5) is 0. The number of aliphatic hydroxyl groups excluding tert-OH is 1. The Kier molecular flexibility index (Phi) is 6.15. The van der Waals surface area contributed by atoms with Gasteiger partial charge in [0, 0.05) is 23.9 Å². The van der Waals surface area contributed by atoms with Gasteiger partial charge in [-0.3, -0.25) is 0 Å². The highest BCUT2D eigenvalue weighted by molar-refractivity contribution is 7.80. The van der Waals surface area contributed by atoms with Crippen molar-refractivity contribution in [3.8, 4) is 0 Å². The van der Waals surface area contributed by atoms with E-state index >= 15 is 0 Å². The summed E-state index contributed by atoms with van der Waals surface area (Å²) in [5, 5.41) is 15.9. The first kappa shape index (κ1) is 13.2. The Morgan fingerprint density at radius 1 is 1.38 bits per heavy atom. The number of halogens is 1. The number of hydrogen-bond acceptors (Lipinski definition) is 2. The summed E-state index contributed by atoms with van der Waals surface area (Å²) in [6, 6.07) is 7.38. The lowest BCUT2D eigenvalue weighted by Gasteiger charge is -2.10. The normalized spacial score (nSPS) is 9.88. The number of hydrogen-bond donors (Lipinski definition) is 3. The largest absolute Gasteiger partial charge is 0.396 e. The highest BCUT2D eigenvalue weighted by atomic mass is 35.5. The van der Waals surface area contributed by atoms with Gasteiger partial charge in [0.05, 0.1) is 0 Å². The summed E-state index contributed by atoms with van der Waals surface area (Å²) in [7, 11) is 0. The van der Waals surface area contributed by atoms with Gasteiger partial charge >= 0.3 is 0 Å². The van der Waals surface area contributed by atoms with E-state index in [2.05, 4.69) is 10.6 Å². The summed E-state index contributed by atoms with van der Waals surface area (Å²) < 4.78 is 0. The monoisotopic (exact) mass is 258 g/mol. The minimum Gasteiger partial charge on any atom is -0.396 e. The second-order valence-corrected chi connectivity index (χ2v) is 4.17. The van der Waals surface area contributed by atoms with Gasteiger partial charge in [0.25, 0.3) is 0 Å². The van der Waals surface area contributed by atoms with Crippen LogP contribution in [0, 0.1) is 0 Å². The van der Waals surface area contributed by atoms with Crippen LogP contribution in [0.1, 0.15) is 12.8 Å². The molecule has 1 aromatic rings. The lowest BCUT2D eigenvalue weighted by molar-refractivity contribution is 0.285. The zero-order chi connectivity index (χ0) is 11.8. The summed E-state index contributed by atoms with van der Waals surface area (Å²) in [5.41, 5.74) is 0.868. The maximum absolute atomic E-state index is 8.61. The average Bonchev–Trinajstić information content (AvgIpc) is 2.24. The van der Waals surface area contributed by atoms with Crippen LogP contribution in [0.5, 0.6) is 0 Å². The van der Waals surface area contributed by atoms with Crippen LogP contribution in [-0.2, 0) is 0 Å². The second kappa shape index (κ2) is 7.44. The van der Waals surface area contributed by atoms with Gasteiger partial charge in [-0.15, -0.1) is 0 Å². The Morgan fingerprint density at radius 2 is 2.19 bits per heavy atom. The Balaban J connectivity index is 2.29. The Hall–Kier alpha value is -0.840. The van der Waals surface area contributed by atoms with E-state index < -0.39 is 0 Å². The Morgan fingerprint density at radius 3 is 2.88 bits per heavy atom. The Labute approximate surface area is 106 Å². The van der Waals surface area contributed by atoms with Gasteiger partial charge in [0.15, 0.2) is 5.11 Å². The quantitative estimate of drug-likeness (QED) is 0.561. The van der Waals surface area contributed by atoms with Crippen molar-refractivity contribution in [1.82, 2.24) is 5.32 Å². The van der Waals surface area contributed by atoms with Gasteiger partial charge in [-0.2, -0.15) is 0 Å².